The number of amides is 2. The van der Waals surface area contributed by atoms with Crippen molar-refractivity contribution in [2.24, 2.45) is 0 Å². The van der Waals surface area contributed by atoms with Crippen LogP contribution in [0.3, 0.4) is 0 Å². The van der Waals surface area contributed by atoms with Crippen LogP contribution in [0.1, 0.15) is 26.2 Å². The van der Waals surface area contributed by atoms with E-state index >= 15 is 0 Å². The minimum atomic E-state index is -0.959. The van der Waals surface area contributed by atoms with Gasteiger partial charge in [-0.05, 0) is 18.6 Å². The van der Waals surface area contributed by atoms with Crippen molar-refractivity contribution in [3.8, 4) is 0 Å². The number of carbonyl (C=O) groups excluding carboxylic acids is 1. The minimum Gasteiger partial charge on any atom is -0.481 e. The van der Waals surface area contributed by atoms with Crippen molar-refractivity contribution in [1.29, 1.82) is 0 Å². The standard InChI is InChI=1S/C13H16Cl2N2O3/c1-2-4-8(7-11(18)19)16-13(20)17-12-9(14)5-3-6-10(12)15/h3,5-6,8H,2,4,7H2,1H3,(H,18,19)(H2,16,17,20). The van der Waals surface area contributed by atoms with Gasteiger partial charge in [0.05, 0.1) is 22.2 Å². The second kappa shape index (κ2) is 7.97. The number of carboxylic acids is 1. The SMILES string of the molecule is CCCC(CC(=O)O)NC(=O)Nc1c(Cl)cccc1Cl. The molecular weight excluding hydrogens is 303 g/mol. The summed E-state index contributed by atoms with van der Waals surface area (Å²) in [5, 5.41) is 14.6. The number of nitrogens with one attached hydrogen (secondary N) is 2. The number of anilines is 1. The first-order valence-electron chi connectivity index (χ1n) is 6.17. The largest absolute Gasteiger partial charge is 0.481 e. The summed E-state index contributed by atoms with van der Waals surface area (Å²) in [6.07, 6.45) is 1.22. The number of para-hydroxylation sites is 1. The van der Waals surface area contributed by atoms with Crippen LogP contribution in [-0.4, -0.2) is 23.1 Å². The molecule has 20 heavy (non-hydrogen) atoms. The number of aliphatic carboxylic acids is 1. The molecule has 1 unspecified atom stereocenters. The molecule has 3 N–H and O–H groups in total. The highest BCUT2D eigenvalue weighted by Crippen LogP contribution is 2.29. The fourth-order valence-corrected chi connectivity index (χ4v) is 2.23. The molecule has 0 saturated carbocycles. The van der Waals surface area contributed by atoms with Crippen molar-refractivity contribution in [2.45, 2.75) is 32.2 Å². The van der Waals surface area contributed by atoms with E-state index < -0.39 is 18.0 Å². The van der Waals surface area contributed by atoms with Crippen molar-refractivity contribution in [1.82, 2.24) is 5.32 Å². The van der Waals surface area contributed by atoms with Crippen LogP contribution in [0.15, 0.2) is 18.2 Å². The average molecular weight is 319 g/mol. The molecular formula is C13H16Cl2N2O3. The molecule has 0 saturated heterocycles. The molecule has 110 valence electrons. The van der Waals surface area contributed by atoms with E-state index in [2.05, 4.69) is 10.6 Å². The van der Waals surface area contributed by atoms with Crippen molar-refractivity contribution in [3.05, 3.63) is 28.2 Å². The van der Waals surface area contributed by atoms with Gasteiger partial charge in [-0.2, -0.15) is 0 Å². The van der Waals surface area contributed by atoms with Gasteiger partial charge in [0.1, 0.15) is 0 Å². The molecule has 1 aromatic carbocycles. The lowest BCUT2D eigenvalue weighted by molar-refractivity contribution is -0.137. The molecule has 0 spiro atoms. The van der Waals surface area contributed by atoms with E-state index in [0.29, 0.717) is 22.2 Å². The van der Waals surface area contributed by atoms with Gasteiger partial charge >= 0.3 is 12.0 Å². The molecule has 1 rings (SSSR count). The summed E-state index contributed by atoms with van der Waals surface area (Å²) in [6.45, 7) is 1.92. The van der Waals surface area contributed by atoms with Gasteiger partial charge in [-0.15, -0.1) is 0 Å². The van der Waals surface area contributed by atoms with Gasteiger partial charge in [0, 0.05) is 6.04 Å². The van der Waals surface area contributed by atoms with E-state index in [9.17, 15) is 9.59 Å². The van der Waals surface area contributed by atoms with Crippen LogP contribution < -0.4 is 10.6 Å². The van der Waals surface area contributed by atoms with Crippen molar-refractivity contribution in [2.75, 3.05) is 5.32 Å². The maximum absolute atomic E-state index is 11.9. The second-order valence-electron chi connectivity index (χ2n) is 4.28. The average Bonchev–Trinajstić information content (AvgIpc) is 2.33. The van der Waals surface area contributed by atoms with Crippen LogP contribution in [0.2, 0.25) is 10.0 Å². The van der Waals surface area contributed by atoms with Gasteiger partial charge in [-0.3, -0.25) is 4.79 Å². The minimum absolute atomic E-state index is 0.127. The van der Waals surface area contributed by atoms with Crippen molar-refractivity contribution in [3.63, 3.8) is 0 Å². The highest BCUT2D eigenvalue weighted by atomic mass is 35.5. The first kappa shape index (κ1) is 16.6. The Morgan fingerprint density at radius 2 is 1.90 bits per heavy atom. The Bertz CT molecular complexity index is 474. The molecule has 7 heteroatoms. The molecule has 0 aliphatic heterocycles. The fraction of sp³-hybridized carbons (Fsp3) is 0.385. The lowest BCUT2D eigenvalue weighted by atomic mass is 10.1. The molecule has 0 radical (unpaired) electrons. The maximum Gasteiger partial charge on any atom is 0.319 e. The topological polar surface area (TPSA) is 78.4 Å². The van der Waals surface area contributed by atoms with E-state index in [1.54, 1.807) is 18.2 Å². The van der Waals surface area contributed by atoms with Gasteiger partial charge in [0.15, 0.2) is 0 Å². The summed E-state index contributed by atoms with van der Waals surface area (Å²) in [7, 11) is 0. The molecule has 2 amide bonds. The van der Waals surface area contributed by atoms with Gasteiger partial charge in [-0.25, -0.2) is 4.79 Å². The Kier molecular flexibility index (Phi) is 6.61. The zero-order chi connectivity index (χ0) is 15.1. The first-order valence-corrected chi connectivity index (χ1v) is 6.93. The van der Waals surface area contributed by atoms with Crippen LogP contribution in [0, 0.1) is 0 Å². The number of carboxylic acid groups (broad SMARTS) is 1. The Morgan fingerprint density at radius 3 is 2.40 bits per heavy atom. The van der Waals surface area contributed by atoms with E-state index in [1.807, 2.05) is 6.92 Å². The summed E-state index contributed by atoms with van der Waals surface area (Å²) >= 11 is 11.9. The fourth-order valence-electron chi connectivity index (χ4n) is 1.74. The molecule has 0 aliphatic rings. The van der Waals surface area contributed by atoms with Gasteiger partial charge in [0.25, 0.3) is 0 Å². The Morgan fingerprint density at radius 1 is 1.30 bits per heavy atom. The van der Waals surface area contributed by atoms with Gasteiger partial charge in [-0.1, -0.05) is 42.6 Å². The smallest absolute Gasteiger partial charge is 0.319 e. The molecule has 0 heterocycles. The Labute approximate surface area is 127 Å². The first-order chi connectivity index (χ1) is 9.43. The maximum atomic E-state index is 11.9. The molecule has 0 fully saturated rings. The van der Waals surface area contributed by atoms with Crippen LogP contribution >= 0.6 is 23.2 Å². The zero-order valence-electron chi connectivity index (χ0n) is 11.0. The summed E-state index contributed by atoms with van der Waals surface area (Å²) in [5.41, 5.74) is 0.305. The molecule has 5 nitrogen and oxygen atoms in total. The predicted molar refractivity (Wildman–Crippen MR) is 79.6 cm³/mol. The Balaban J connectivity index is 2.68. The second-order valence-corrected chi connectivity index (χ2v) is 5.09. The van der Waals surface area contributed by atoms with Crippen LogP contribution in [0.4, 0.5) is 10.5 Å². The van der Waals surface area contributed by atoms with E-state index in [1.165, 1.54) is 0 Å². The van der Waals surface area contributed by atoms with E-state index in [4.69, 9.17) is 28.3 Å². The normalized spacial score (nSPS) is 11.8. The lowest BCUT2D eigenvalue weighted by Crippen LogP contribution is -2.39. The third-order valence-corrected chi connectivity index (χ3v) is 3.22. The highest BCUT2D eigenvalue weighted by Gasteiger charge is 2.16. The van der Waals surface area contributed by atoms with E-state index in [-0.39, 0.29) is 6.42 Å². The van der Waals surface area contributed by atoms with Crippen LogP contribution in [-0.2, 0) is 4.79 Å². The zero-order valence-corrected chi connectivity index (χ0v) is 12.5. The summed E-state index contributed by atoms with van der Waals surface area (Å²) in [5.74, 6) is -0.959. The number of rotatable bonds is 6. The van der Waals surface area contributed by atoms with Crippen LogP contribution in [0.25, 0.3) is 0 Å². The Hall–Kier alpha value is -1.46. The summed E-state index contributed by atoms with van der Waals surface area (Å²) < 4.78 is 0. The summed E-state index contributed by atoms with van der Waals surface area (Å²) in [6, 6.07) is 3.91. The van der Waals surface area contributed by atoms with Crippen molar-refractivity contribution >= 4 is 40.9 Å². The number of urea groups is 1. The third-order valence-electron chi connectivity index (χ3n) is 2.59. The van der Waals surface area contributed by atoms with Crippen molar-refractivity contribution < 1.29 is 14.7 Å². The number of halogens is 2. The summed E-state index contributed by atoms with van der Waals surface area (Å²) in [4.78, 5) is 22.6. The monoisotopic (exact) mass is 318 g/mol. The highest BCUT2D eigenvalue weighted by molar-refractivity contribution is 6.39. The third kappa shape index (κ3) is 5.27. The van der Waals surface area contributed by atoms with Gasteiger partial charge in [0.2, 0.25) is 0 Å². The number of carbonyl (C=O) groups is 2. The van der Waals surface area contributed by atoms with Crippen LogP contribution in [0.5, 0.6) is 0 Å². The molecule has 1 atom stereocenters. The number of hydrogen-bond acceptors (Lipinski definition) is 2. The molecule has 0 bridgehead atoms. The predicted octanol–water partition coefficient (Wildman–Crippen LogP) is 3.76. The van der Waals surface area contributed by atoms with E-state index in [0.717, 1.165) is 6.42 Å². The lowest BCUT2D eigenvalue weighted by Gasteiger charge is -2.17. The number of benzene rings is 1. The van der Waals surface area contributed by atoms with Gasteiger partial charge < -0.3 is 15.7 Å². The number of hydrogen-bond donors (Lipinski definition) is 3. The molecule has 1 aromatic rings. The molecule has 0 aromatic heterocycles. The molecule has 0 aliphatic carbocycles. The quantitative estimate of drug-likeness (QED) is 0.747.